The lowest BCUT2D eigenvalue weighted by Crippen LogP contribution is -2.55. The SMILES string of the molecule is OC[C@H]1O[C@@H](c2ccc(Cl)c(Cc3ccc(Oc4ncco4)cc3)c2)[C@H](O)[C@@H](O)[C@@H]1O. The van der Waals surface area contributed by atoms with Crippen LogP contribution in [0, 0.1) is 0 Å². The molecule has 0 amide bonds. The first kappa shape index (κ1) is 21.8. The van der Waals surface area contributed by atoms with Crippen molar-refractivity contribution < 1.29 is 34.3 Å². The van der Waals surface area contributed by atoms with Crippen molar-refractivity contribution in [3.8, 4) is 11.8 Å². The molecule has 31 heavy (non-hydrogen) atoms. The number of oxazole rings is 1. The summed E-state index contributed by atoms with van der Waals surface area (Å²) in [6, 6.07) is 12.5. The molecule has 4 N–H and O–H groups in total. The van der Waals surface area contributed by atoms with E-state index in [9.17, 15) is 20.4 Å². The second-order valence-corrected chi connectivity index (χ2v) is 7.73. The second-order valence-electron chi connectivity index (χ2n) is 7.32. The Morgan fingerprint density at radius 3 is 2.45 bits per heavy atom. The fourth-order valence-corrected chi connectivity index (χ4v) is 3.73. The number of aliphatic hydroxyl groups is 4. The van der Waals surface area contributed by atoms with Crippen LogP contribution in [-0.4, -0.2) is 56.4 Å². The number of aliphatic hydroxyl groups excluding tert-OH is 4. The van der Waals surface area contributed by atoms with Crippen molar-refractivity contribution in [2.24, 2.45) is 0 Å². The summed E-state index contributed by atoms with van der Waals surface area (Å²) >= 11 is 6.38. The summed E-state index contributed by atoms with van der Waals surface area (Å²) in [4.78, 5) is 3.91. The number of rotatable bonds is 6. The molecule has 2 aromatic carbocycles. The van der Waals surface area contributed by atoms with Gasteiger partial charge in [0.1, 0.15) is 42.5 Å². The number of benzene rings is 2. The van der Waals surface area contributed by atoms with E-state index in [4.69, 9.17) is 25.5 Å². The zero-order valence-electron chi connectivity index (χ0n) is 16.3. The van der Waals surface area contributed by atoms with Crippen molar-refractivity contribution >= 4 is 11.6 Å². The first-order chi connectivity index (χ1) is 15.0. The molecule has 0 radical (unpaired) electrons. The molecule has 0 unspecified atom stereocenters. The lowest BCUT2D eigenvalue weighted by Gasteiger charge is -2.40. The Bertz CT molecular complexity index is 994. The number of ether oxygens (including phenoxy) is 2. The molecule has 0 saturated carbocycles. The summed E-state index contributed by atoms with van der Waals surface area (Å²) in [7, 11) is 0. The topological polar surface area (TPSA) is 125 Å². The number of halogens is 1. The van der Waals surface area contributed by atoms with Gasteiger partial charge in [-0.15, -0.1) is 0 Å². The third kappa shape index (κ3) is 4.74. The summed E-state index contributed by atoms with van der Waals surface area (Å²) in [5.41, 5.74) is 2.34. The fraction of sp³-hybridized carbons (Fsp3) is 0.318. The van der Waals surface area contributed by atoms with E-state index in [1.54, 1.807) is 30.3 Å². The highest BCUT2D eigenvalue weighted by Gasteiger charge is 2.44. The molecule has 1 fully saturated rings. The molecule has 5 atom stereocenters. The molecule has 164 valence electrons. The predicted octanol–water partition coefficient (Wildman–Crippen LogP) is 2.23. The maximum Gasteiger partial charge on any atom is 0.399 e. The smallest absolute Gasteiger partial charge is 0.399 e. The first-order valence-corrected chi connectivity index (χ1v) is 10.1. The minimum atomic E-state index is -1.44. The van der Waals surface area contributed by atoms with Gasteiger partial charge in [-0.1, -0.05) is 35.9 Å². The van der Waals surface area contributed by atoms with Crippen LogP contribution < -0.4 is 4.74 Å². The molecular weight excluding hydrogens is 426 g/mol. The van der Waals surface area contributed by atoms with Crippen LogP contribution in [0.2, 0.25) is 5.02 Å². The fourth-order valence-electron chi connectivity index (χ4n) is 3.54. The van der Waals surface area contributed by atoms with Crippen molar-refractivity contribution in [1.82, 2.24) is 4.98 Å². The van der Waals surface area contributed by atoms with Crippen molar-refractivity contribution in [3.05, 3.63) is 76.6 Å². The molecule has 1 aliphatic heterocycles. The van der Waals surface area contributed by atoms with E-state index in [1.807, 2.05) is 12.1 Å². The predicted molar refractivity (Wildman–Crippen MR) is 110 cm³/mol. The van der Waals surface area contributed by atoms with E-state index >= 15 is 0 Å². The molecule has 1 saturated heterocycles. The molecule has 0 spiro atoms. The van der Waals surface area contributed by atoms with Gasteiger partial charge < -0.3 is 34.3 Å². The van der Waals surface area contributed by atoms with Gasteiger partial charge in [0.15, 0.2) is 0 Å². The number of nitrogens with zero attached hydrogens (tertiary/aromatic N) is 1. The van der Waals surface area contributed by atoms with Gasteiger partial charge in [-0.3, -0.25) is 0 Å². The lowest BCUT2D eigenvalue weighted by molar-refractivity contribution is -0.231. The van der Waals surface area contributed by atoms with Gasteiger partial charge in [-0.05, 0) is 41.3 Å². The molecule has 4 rings (SSSR count). The van der Waals surface area contributed by atoms with Crippen LogP contribution in [0.25, 0.3) is 0 Å². The van der Waals surface area contributed by atoms with Crippen LogP contribution in [0.15, 0.2) is 59.3 Å². The first-order valence-electron chi connectivity index (χ1n) is 9.71. The summed E-state index contributed by atoms with van der Waals surface area (Å²) in [5.74, 6) is 0.576. The Kier molecular flexibility index (Phi) is 6.57. The Hall–Kier alpha value is -2.46. The highest BCUT2D eigenvalue weighted by atomic mass is 35.5. The van der Waals surface area contributed by atoms with Crippen LogP contribution in [0.1, 0.15) is 22.8 Å². The minimum absolute atomic E-state index is 0.156. The molecular formula is C22H22ClNO7. The molecule has 8 nitrogen and oxygen atoms in total. The van der Waals surface area contributed by atoms with Crippen LogP contribution in [-0.2, 0) is 11.2 Å². The monoisotopic (exact) mass is 447 g/mol. The second kappa shape index (κ2) is 9.35. The average molecular weight is 448 g/mol. The largest absolute Gasteiger partial charge is 0.417 e. The quantitative estimate of drug-likeness (QED) is 0.453. The van der Waals surface area contributed by atoms with Gasteiger partial charge in [-0.2, -0.15) is 4.98 Å². The Morgan fingerprint density at radius 2 is 1.77 bits per heavy atom. The zero-order valence-corrected chi connectivity index (χ0v) is 17.1. The van der Waals surface area contributed by atoms with E-state index < -0.39 is 37.1 Å². The summed E-state index contributed by atoms with van der Waals surface area (Å²) in [6.45, 7) is -0.482. The summed E-state index contributed by atoms with van der Waals surface area (Å²) < 4.78 is 16.2. The van der Waals surface area contributed by atoms with Crippen LogP contribution in [0.4, 0.5) is 0 Å². The van der Waals surface area contributed by atoms with Crippen molar-refractivity contribution in [3.63, 3.8) is 0 Å². The van der Waals surface area contributed by atoms with Crippen LogP contribution >= 0.6 is 11.6 Å². The molecule has 1 aromatic heterocycles. The van der Waals surface area contributed by atoms with Gasteiger partial charge in [0.25, 0.3) is 0 Å². The Labute approximate surface area is 183 Å². The molecule has 0 aliphatic carbocycles. The van der Waals surface area contributed by atoms with Gasteiger partial charge in [-0.25, -0.2) is 0 Å². The normalized spacial score (nSPS) is 26.0. The lowest BCUT2D eigenvalue weighted by atomic mass is 9.90. The third-order valence-corrected chi connectivity index (χ3v) is 5.59. The van der Waals surface area contributed by atoms with Crippen molar-refractivity contribution in [2.75, 3.05) is 6.61 Å². The zero-order chi connectivity index (χ0) is 22.0. The van der Waals surface area contributed by atoms with E-state index in [1.165, 1.54) is 12.5 Å². The third-order valence-electron chi connectivity index (χ3n) is 5.22. The molecule has 9 heteroatoms. The molecule has 1 aliphatic rings. The minimum Gasteiger partial charge on any atom is -0.417 e. The summed E-state index contributed by atoms with van der Waals surface area (Å²) in [5, 5.41) is 40.4. The van der Waals surface area contributed by atoms with Crippen molar-refractivity contribution in [1.29, 1.82) is 0 Å². The standard InChI is InChI=1S/C22H22ClNO7/c23-16-6-3-13(21-20(28)19(27)18(26)17(11-25)31-21)10-14(16)9-12-1-4-15(5-2-12)30-22-24-7-8-29-22/h1-8,10,17-21,25-28H,9,11H2/t17-,18-,19+,20-,21+/m1/s1. The van der Waals surface area contributed by atoms with E-state index in [0.717, 1.165) is 11.1 Å². The van der Waals surface area contributed by atoms with Gasteiger partial charge in [0, 0.05) is 5.02 Å². The van der Waals surface area contributed by atoms with Gasteiger partial charge in [0.2, 0.25) is 0 Å². The maximum absolute atomic E-state index is 10.4. The average Bonchev–Trinajstić information content (AvgIpc) is 3.28. The number of hydrogen-bond acceptors (Lipinski definition) is 8. The van der Waals surface area contributed by atoms with Crippen molar-refractivity contribution in [2.45, 2.75) is 36.9 Å². The van der Waals surface area contributed by atoms with Crippen LogP contribution in [0.3, 0.4) is 0 Å². The molecule has 0 bridgehead atoms. The molecule has 3 aromatic rings. The van der Waals surface area contributed by atoms with Gasteiger partial charge >= 0.3 is 6.08 Å². The summed E-state index contributed by atoms with van der Waals surface area (Å²) in [6.07, 6.45) is -2.50. The number of hydrogen-bond donors (Lipinski definition) is 4. The highest BCUT2D eigenvalue weighted by Crippen LogP contribution is 2.34. The number of aromatic nitrogens is 1. The van der Waals surface area contributed by atoms with E-state index in [0.29, 0.717) is 22.8 Å². The van der Waals surface area contributed by atoms with Gasteiger partial charge in [0.05, 0.1) is 12.8 Å². The van der Waals surface area contributed by atoms with Crippen LogP contribution in [0.5, 0.6) is 11.8 Å². The maximum atomic E-state index is 10.4. The van der Waals surface area contributed by atoms with E-state index in [2.05, 4.69) is 4.98 Å². The Morgan fingerprint density at radius 1 is 1.00 bits per heavy atom. The van der Waals surface area contributed by atoms with E-state index in [-0.39, 0.29) is 6.08 Å². The Balaban J connectivity index is 1.51. The molecule has 2 heterocycles. The highest BCUT2D eigenvalue weighted by molar-refractivity contribution is 6.31.